The van der Waals surface area contributed by atoms with Gasteiger partial charge in [0.05, 0.1) is 0 Å². The van der Waals surface area contributed by atoms with Crippen LogP contribution in [0.2, 0.25) is 0 Å². The molecule has 1 rings (SSSR count). The van der Waals surface area contributed by atoms with Crippen LogP contribution in [-0.4, -0.2) is 0 Å². The fourth-order valence-electron chi connectivity index (χ4n) is 0.448. The Hall–Kier alpha value is -0.430. The van der Waals surface area contributed by atoms with Gasteiger partial charge in [-0.15, -0.1) is 12.6 Å². The van der Waals surface area contributed by atoms with Gasteiger partial charge in [-0.05, 0) is 11.6 Å². The van der Waals surface area contributed by atoms with E-state index in [1.165, 1.54) is 0 Å². The Labute approximate surface area is 48.6 Å². The molecule has 0 saturated heterocycles. The summed E-state index contributed by atoms with van der Waals surface area (Å²) in [5.41, 5.74) is 1.00. The van der Waals surface area contributed by atoms with E-state index in [0.717, 1.165) is 10.5 Å². The van der Waals surface area contributed by atoms with E-state index < -0.39 is 0 Å². The highest BCUT2D eigenvalue weighted by atomic mass is 32.1. The van der Waals surface area contributed by atoms with Crippen LogP contribution < -0.4 is 0 Å². The van der Waals surface area contributed by atoms with E-state index >= 15 is 0 Å². The third-order valence-electron chi connectivity index (χ3n) is 0.881. The number of hydrogen-bond donors (Lipinski definition) is 1. The van der Waals surface area contributed by atoms with Crippen LogP contribution in [0.1, 0.15) is 0 Å². The van der Waals surface area contributed by atoms with Crippen LogP contribution in [0.15, 0.2) is 35.3 Å². The molecule has 0 atom stereocenters. The molecule has 36 valence electrons. The molecule has 0 heterocycles. The van der Waals surface area contributed by atoms with Crippen molar-refractivity contribution in [3.05, 3.63) is 35.3 Å². The Morgan fingerprint density at radius 2 is 2.29 bits per heavy atom. The topological polar surface area (TPSA) is 0 Å². The highest BCUT2D eigenvalue weighted by molar-refractivity contribution is 7.84. The van der Waals surface area contributed by atoms with Crippen molar-refractivity contribution in [3.8, 4) is 0 Å². The first kappa shape index (κ1) is 4.72. The van der Waals surface area contributed by atoms with Crippen LogP contribution in [0.4, 0.5) is 0 Å². The van der Waals surface area contributed by atoms with Crippen LogP contribution >= 0.6 is 12.6 Å². The SMILES string of the molecule is C=C1C=CC=C1S. The zero-order chi connectivity index (χ0) is 5.28. The summed E-state index contributed by atoms with van der Waals surface area (Å²) in [7, 11) is 0. The average Bonchev–Trinajstić information content (AvgIpc) is 1.91. The Kier molecular flexibility index (Phi) is 1.07. The molecule has 0 bridgehead atoms. The van der Waals surface area contributed by atoms with Crippen LogP contribution in [0.25, 0.3) is 0 Å². The second-order valence-corrected chi connectivity index (χ2v) is 1.92. The number of allylic oxidation sites excluding steroid dienone is 4. The van der Waals surface area contributed by atoms with Crippen molar-refractivity contribution in [2.24, 2.45) is 0 Å². The molecule has 1 heteroatoms. The van der Waals surface area contributed by atoms with Crippen molar-refractivity contribution in [2.45, 2.75) is 0 Å². The van der Waals surface area contributed by atoms with E-state index in [-0.39, 0.29) is 0 Å². The normalized spacial score (nSPS) is 17.9. The smallest absolute Gasteiger partial charge is 0.0107 e. The van der Waals surface area contributed by atoms with E-state index in [4.69, 9.17) is 0 Å². The van der Waals surface area contributed by atoms with E-state index in [1.54, 1.807) is 0 Å². The molecule has 0 spiro atoms. The van der Waals surface area contributed by atoms with Crippen LogP contribution in [0.5, 0.6) is 0 Å². The van der Waals surface area contributed by atoms with E-state index in [2.05, 4.69) is 19.2 Å². The summed E-state index contributed by atoms with van der Waals surface area (Å²) < 4.78 is 0. The van der Waals surface area contributed by atoms with E-state index in [9.17, 15) is 0 Å². The van der Waals surface area contributed by atoms with Gasteiger partial charge in [0, 0.05) is 4.91 Å². The molecule has 0 fully saturated rings. The fourth-order valence-corrected chi connectivity index (χ4v) is 0.608. The molecule has 0 N–H and O–H groups in total. The van der Waals surface area contributed by atoms with Crippen molar-refractivity contribution in [1.82, 2.24) is 0 Å². The fraction of sp³-hybridized carbons (Fsp3) is 0. The van der Waals surface area contributed by atoms with Crippen LogP contribution in [-0.2, 0) is 0 Å². The van der Waals surface area contributed by atoms with Crippen molar-refractivity contribution < 1.29 is 0 Å². The monoisotopic (exact) mass is 110 g/mol. The van der Waals surface area contributed by atoms with Gasteiger partial charge >= 0.3 is 0 Å². The van der Waals surface area contributed by atoms with Gasteiger partial charge in [0.25, 0.3) is 0 Å². The Morgan fingerprint density at radius 3 is 2.43 bits per heavy atom. The van der Waals surface area contributed by atoms with Crippen LogP contribution in [0.3, 0.4) is 0 Å². The first-order valence-electron chi connectivity index (χ1n) is 2.07. The summed E-state index contributed by atoms with van der Waals surface area (Å²) >= 11 is 4.09. The molecular formula is C6H6S. The molecule has 0 nitrogen and oxygen atoms in total. The van der Waals surface area contributed by atoms with E-state index in [0.29, 0.717) is 0 Å². The lowest BCUT2D eigenvalue weighted by Crippen LogP contribution is -1.63. The molecule has 0 aliphatic heterocycles. The van der Waals surface area contributed by atoms with Gasteiger partial charge in [-0.2, -0.15) is 0 Å². The zero-order valence-electron chi connectivity index (χ0n) is 3.89. The Bertz CT molecular complexity index is 152. The molecule has 1 aliphatic rings. The van der Waals surface area contributed by atoms with Gasteiger partial charge in [0.2, 0.25) is 0 Å². The average molecular weight is 110 g/mol. The lowest BCUT2D eigenvalue weighted by atomic mass is 10.3. The molecule has 0 amide bonds. The van der Waals surface area contributed by atoms with E-state index in [1.807, 2.05) is 18.2 Å². The Balaban J connectivity index is 2.89. The summed E-state index contributed by atoms with van der Waals surface area (Å²) in [6.45, 7) is 3.70. The summed E-state index contributed by atoms with van der Waals surface area (Å²) in [5, 5.41) is 0. The van der Waals surface area contributed by atoms with Gasteiger partial charge in [-0.3, -0.25) is 0 Å². The molecule has 0 aromatic rings. The minimum absolute atomic E-state index is 0.972. The van der Waals surface area contributed by atoms with Crippen molar-refractivity contribution in [1.29, 1.82) is 0 Å². The highest BCUT2D eigenvalue weighted by Crippen LogP contribution is 2.18. The second kappa shape index (κ2) is 1.58. The zero-order valence-corrected chi connectivity index (χ0v) is 4.78. The maximum absolute atomic E-state index is 4.09. The third kappa shape index (κ3) is 0.775. The van der Waals surface area contributed by atoms with Gasteiger partial charge in [0.1, 0.15) is 0 Å². The molecule has 0 saturated carbocycles. The quantitative estimate of drug-likeness (QED) is 0.452. The van der Waals surface area contributed by atoms with Gasteiger partial charge in [0.15, 0.2) is 0 Å². The predicted molar refractivity (Wildman–Crippen MR) is 35.3 cm³/mol. The number of rotatable bonds is 0. The van der Waals surface area contributed by atoms with Crippen LogP contribution in [0, 0.1) is 0 Å². The van der Waals surface area contributed by atoms with Gasteiger partial charge in [-0.1, -0.05) is 18.7 Å². The minimum Gasteiger partial charge on any atom is -0.143 e. The van der Waals surface area contributed by atoms with Crippen molar-refractivity contribution in [3.63, 3.8) is 0 Å². The molecule has 0 aromatic carbocycles. The maximum Gasteiger partial charge on any atom is 0.0107 e. The largest absolute Gasteiger partial charge is 0.143 e. The lowest BCUT2D eigenvalue weighted by molar-refractivity contribution is 1.81. The summed E-state index contributed by atoms with van der Waals surface area (Å²) in [4.78, 5) is 0.972. The van der Waals surface area contributed by atoms with Gasteiger partial charge in [-0.25, -0.2) is 0 Å². The molecule has 0 unspecified atom stereocenters. The molecule has 7 heavy (non-hydrogen) atoms. The van der Waals surface area contributed by atoms with Crippen molar-refractivity contribution in [2.75, 3.05) is 0 Å². The van der Waals surface area contributed by atoms with Gasteiger partial charge < -0.3 is 0 Å². The molecular weight excluding hydrogens is 104 g/mol. The summed E-state index contributed by atoms with van der Waals surface area (Å²) in [6, 6.07) is 0. The number of hydrogen-bond acceptors (Lipinski definition) is 1. The standard InChI is InChI=1S/C6H6S/c1-5-3-2-4-6(5)7/h2-4,7H,1H2. The Morgan fingerprint density at radius 1 is 1.57 bits per heavy atom. The molecule has 0 radical (unpaired) electrons. The van der Waals surface area contributed by atoms with Crippen molar-refractivity contribution >= 4 is 12.6 Å². The summed E-state index contributed by atoms with van der Waals surface area (Å²) in [5.74, 6) is 0. The maximum atomic E-state index is 4.09. The molecule has 1 aliphatic carbocycles. The first-order valence-corrected chi connectivity index (χ1v) is 2.52. The number of thiol groups is 1. The lowest BCUT2D eigenvalue weighted by Gasteiger charge is -1.85. The predicted octanol–water partition coefficient (Wildman–Crippen LogP) is 1.93. The third-order valence-corrected chi connectivity index (χ3v) is 1.32. The minimum atomic E-state index is 0.972. The summed E-state index contributed by atoms with van der Waals surface area (Å²) in [6.07, 6.45) is 5.79. The first-order chi connectivity index (χ1) is 3.30. The molecule has 0 aromatic heterocycles. The highest BCUT2D eigenvalue weighted by Gasteiger charge is 1.94. The second-order valence-electron chi connectivity index (χ2n) is 1.44.